The minimum atomic E-state index is -0.648. The Morgan fingerprint density at radius 1 is 1.36 bits per heavy atom. The zero-order valence-corrected chi connectivity index (χ0v) is 15.8. The lowest BCUT2D eigenvalue weighted by atomic mass is 10.1. The largest absolute Gasteiger partial charge is 0.394 e. The first-order valence-electron chi connectivity index (χ1n) is 9.10. The van der Waals surface area contributed by atoms with Crippen molar-refractivity contribution >= 4 is 11.7 Å². The maximum Gasteiger partial charge on any atom is 0.258 e. The fourth-order valence-electron chi connectivity index (χ4n) is 2.99. The predicted molar refractivity (Wildman–Crippen MR) is 97.9 cm³/mol. The van der Waals surface area contributed by atoms with Crippen LogP contribution in [0.4, 0.5) is 4.39 Å². The predicted octanol–water partition coefficient (Wildman–Crippen LogP) is 1.41. The topological polar surface area (TPSA) is 109 Å². The van der Waals surface area contributed by atoms with E-state index in [4.69, 9.17) is 4.52 Å². The highest BCUT2D eigenvalue weighted by Crippen LogP contribution is 2.23. The maximum atomic E-state index is 13.0. The van der Waals surface area contributed by atoms with Crippen molar-refractivity contribution in [1.29, 1.82) is 0 Å². The molecule has 1 atom stereocenters. The van der Waals surface area contributed by atoms with Crippen LogP contribution in [0.25, 0.3) is 11.5 Å². The Kier molecular flexibility index (Phi) is 5.85. The maximum absolute atomic E-state index is 13.0. The van der Waals surface area contributed by atoms with E-state index in [9.17, 15) is 19.1 Å². The Labute approximate surface area is 161 Å². The molecule has 0 aliphatic carbocycles. The molecule has 0 spiro atoms. The second-order valence-corrected chi connectivity index (χ2v) is 7.43. The molecule has 1 amide bonds. The number of carbonyl (C=O) groups excluding carboxylic acids is 2. The summed E-state index contributed by atoms with van der Waals surface area (Å²) >= 11 is 0. The third kappa shape index (κ3) is 4.42. The van der Waals surface area contributed by atoms with Crippen molar-refractivity contribution in [2.75, 3.05) is 19.7 Å². The Morgan fingerprint density at radius 3 is 2.75 bits per heavy atom. The number of amides is 1. The minimum Gasteiger partial charge on any atom is -0.394 e. The molecule has 1 aliphatic heterocycles. The summed E-state index contributed by atoms with van der Waals surface area (Å²) in [4.78, 5) is 31.0. The number of benzene rings is 1. The summed E-state index contributed by atoms with van der Waals surface area (Å²) in [6.45, 7) is 3.94. The van der Waals surface area contributed by atoms with Crippen molar-refractivity contribution in [1.82, 2.24) is 20.4 Å². The molecule has 150 valence electrons. The second kappa shape index (κ2) is 8.15. The van der Waals surface area contributed by atoms with Gasteiger partial charge in [-0.05, 0) is 51.0 Å². The third-order valence-corrected chi connectivity index (χ3v) is 4.73. The molecule has 2 aromatic rings. The zero-order valence-electron chi connectivity index (χ0n) is 15.8. The summed E-state index contributed by atoms with van der Waals surface area (Å²) in [5, 5.41) is 16.0. The van der Waals surface area contributed by atoms with Gasteiger partial charge in [-0.3, -0.25) is 9.59 Å². The van der Waals surface area contributed by atoms with Gasteiger partial charge in [-0.1, -0.05) is 5.16 Å². The Hall–Kier alpha value is -2.65. The van der Waals surface area contributed by atoms with Gasteiger partial charge in [0.1, 0.15) is 5.82 Å². The van der Waals surface area contributed by atoms with Crippen LogP contribution in [0.15, 0.2) is 28.8 Å². The number of halogens is 1. The van der Waals surface area contributed by atoms with Crippen LogP contribution < -0.4 is 5.32 Å². The van der Waals surface area contributed by atoms with Crippen LogP contribution >= 0.6 is 0 Å². The molecule has 3 rings (SSSR count). The number of carbonyl (C=O) groups is 2. The molecule has 1 saturated heterocycles. The van der Waals surface area contributed by atoms with Gasteiger partial charge in [0.05, 0.1) is 19.2 Å². The first kappa shape index (κ1) is 20.1. The molecule has 1 aliphatic rings. The van der Waals surface area contributed by atoms with E-state index < -0.39 is 17.4 Å². The molecular formula is C19H23FN4O4. The lowest BCUT2D eigenvalue weighted by Gasteiger charge is -2.27. The van der Waals surface area contributed by atoms with Crippen LogP contribution in [-0.2, 0) is 4.79 Å². The van der Waals surface area contributed by atoms with E-state index in [2.05, 4.69) is 15.5 Å². The SMILES string of the molecule is CC(C)(CO)NCC(=O)N1CCCC1C(=O)c1noc(-c2ccc(F)cc2)n1. The molecule has 0 saturated carbocycles. The molecule has 2 heterocycles. The van der Waals surface area contributed by atoms with Gasteiger partial charge in [0.15, 0.2) is 0 Å². The first-order valence-corrected chi connectivity index (χ1v) is 9.10. The van der Waals surface area contributed by atoms with Gasteiger partial charge in [-0.25, -0.2) is 4.39 Å². The standard InChI is InChI=1S/C19H23FN4O4/c1-19(2,11-25)21-10-15(26)24-9-3-4-14(24)16(27)17-22-18(28-23-17)12-5-7-13(20)8-6-12/h5-8,14,21,25H,3-4,9-11H2,1-2H3. The summed E-state index contributed by atoms with van der Waals surface area (Å²) in [6.07, 6.45) is 1.22. The summed E-state index contributed by atoms with van der Waals surface area (Å²) in [6, 6.07) is 4.84. The van der Waals surface area contributed by atoms with Gasteiger partial charge < -0.3 is 19.8 Å². The lowest BCUT2D eigenvalue weighted by molar-refractivity contribution is -0.130. The molecule has 28 heavy (non-hydrogen) atoms. The normalized spacial score (nSPS) is 17.1. The smallest absolute Gasteiger partial charge is 0.258 e. The highest BCUT2D eigenvalue weighted by Gasteiger charge is 2.37. The summed E-state index contributed by atoms with van der Waals surface area (Å²) in [5.74, 6) is -0.986. The van der Waals surface area contributed by atoms with E-state index in [1.54, 1.807) is 13.8 Å². The van der Waals surface area contributed by atoms with Gasteiger partial charge in [0.25, 0.3) is 5.89 Å². The van der Waals surface area contributed by atoms with Crippen LogP contribution in [0.1, 0.15) is 37.3 Å². The van der Waals surface area contributed by atoms with Gasteiger partial charge in [-0.15, -0.1) is 0 Å². The lowest BCUT2D eigenvalue weighted by Crippen LogP contribution is -2.50. The average molecular weight is 390 g/mol. The van der Waals surface area contributed by atoms with Gasteiger partial charge in [-0.2, -0.15) is 4.98 Å². The average Bonchev–Trinajstić information content (AvgIpc) is 3.36. The molecule has 2 N–H and O–H groups in total. The number of Topliss-reactive ketones (excluding diaryl/α,β-unsaturated/α-hetero) is 1. The molecule has 0 radical (unpaired) electrons. The fourth-order valence-corrected chi connectivity index (χ4v) is 2.99. The number of nitrogens with one attached hydrogen (secondary N) is 1. The number of aliphatic hydroxyl groups is 1. The van der Waals surface area contributed by atoms with Crippen LogP contribution in [0, 0.1) is 5.82 Å². The Balaban J connectivity index is 1.69. The monoisotopic (exact) mass is 390 g/mol. The van der Waals surface area contributed by atoms with Gasteiger partial charge >= 0.3 is 0 Å². The van der Waals surface area contributed by atoms with Crippen molar-refractivity contribution in [2.24, 2.45) is 0 Å². The number of ketones is 1. The fraction of sp³-hybridized carbons (Fsp3) is 0.474. The molecule has 1 fully saturated rings. The van der Waals surface area contributed by atoms with E-state index >= 15 is 0 Å². The molecule has 0 bridgehead atoms. The number of rotatable bonds is 7. The van der Waals surface area contributed by atoms with E-state index in [1.165, 1.54) is 29.2 Å². The highest BCUT2D eigenvalue weighted by atomic mass is 19.1. The number of hydrogen-bond acceptors (Lipinski definition) is 7. The van der Waals surface area contributed by atoms with E-state index in [1.807, 2.05) is 0 Å². The summed E-state index contributed by atoms with van der Waals surface area (Å²) in [5.41, 5.74) is -0.0881. The summed E-state index contributed by atoms with van der Waals surface area (Å²) < 4.78 is 18.2. The Morgan fingerprint density at radius 2 is 2.07 bits per heavy atom. The molecule has 1 aromatic carbocycles. The second-order valence-electron chi connectivity index (χ2n) is 7.43. The molecule has 1 unspecified atom stereocenters. The quantitative estimate of drug-likeness (QED) is 0.688. The van der Waals surface area contributed by atoms with Crippen LogP contribution in [0.2, 0.25) is 0 Å². The minimum absolute atomic E-state index is 0.0183. The number of aromatic nitrogens is 2. The molecule has 8 nitrogen and oxygen atoms in total. The van der Waals surface area contributed by atoms with E-state index in [0.29, 0.717) is 24.9 Å². The highest BCUT2D eigenvalue weighted by molar-refractivity contribution is 5.99. The summed E-state index contributed by atoms with van der Waals surface area (Å²) in [7, 11) is 0. The van der Waals surface area contributed by atoms with E-state index in [0.717, 1.165) is 0 Å². The number of likely N-dealkylation sites (tertiary alicyclic amines) is 1. The van der Waals surface area contributed by atoms with Crippen molar-refractivity contribution in [3.8, 4) is 11.5 Å². The third-order valence-electron chi connectivity index (χ3n) is 4.73. The van der Waals surface area contributed by atoms with Crippen LogP contribution in [0.5, 0.6) is 0 Å². The molecule has 1 aromatic heterocycles. The van der Waals surface area contributed by atoms with E-state index in [-0.39, 0.29) is 36.6 Å². The number of hydrogen-bond donors (Lipinski definition) is 2. The van der Waals surface area contributed by atoms with Crippen molar-refractivity contribution in [3.63, 3.8) is 0 Å². The molecular weight excluding hydrogens is 367 g/mol. The van der Waals surface area contributed by atoms with Crippen LogP contribution in [0.3, 0.4) is 0 Å². The molecule has 9 heteroatoms. The number of nitrogens with zero attached hydrogens (tertiary/aromatic N) is 3. The first-order chi connectivity index (χ1) is 13.3. The Bertz CT molecular complexity index is 850. The zero-order chi connectivity index (χ0) is 20.3. The van der Waals surface area contributed by atoms with Crippen LogP contribution in [-0.4, -0.2) is 63.1 Å². The van der Waals surface area contributed by atoms with Gasteiger partial charge in [0, 0.05) is 17.6 Å². The van der Waals surface area contributed by atoms with Crippen molar-refractivity contribution < 1.29 is 23.6 Å². The van der Waals surface area contributed by atoms with Crippen molar-refractivity contribution in [2.45, 2.75) is 38.3 Å². The van der Waals surface area contributed by atoms with Crippen molar-refractivity contribution in [3.05, 3.63) is 35.9 Å². The van der Waals surface area contributed by atoms with Gasteiger partial charge in [0.2, 0.25) is 17.5 Å². The number of aliphatic hydroxyl groups excluding tert-OH is 1.